The Hall–Kier alpha value is -1.16. The van der Waals surface area contributed by atoms with Crippen LogP contribution in [0.25, 0.3) is 0 Å². The maximum absolute atomic E-state index is 4.44. The highest BCUT2D eigenvalue weighted by Crippen LogP contribution is 2.29. The summed E-state index contributed by atoms with van der Waals surface area (Å²) in [7, 11) is 0. The van der Waals surface area contributed by atoms with E-state index >= 15 is 0 Å². The van der Waals surface area contributed by atoms with Gasteiger partial charge in [-0.15, -0.1) is 0 Å². The Balaban J connectivity index is 1.99. The fourth-order valence-corrected chi connectivity index (χ4v) is 1.81. The van der Waals surface area contributed by atoms with Crippen LogP contribution in [0.1, 0.15) is 32.3 Å². The van der Waals surface area contributed by atoms with Crippen molar-refractivity contribution >= 4 is 5.95 Å². The first-order valence-electron chi connectivity index (χ1n) is 6.13. The van der Waals surface area contributed by atoms with Gasteiger partial charge in [0.2, 0.25) is 5.95 Å². The smallest absolute Gasteiger partial charge is 0.225 e. The number of anilines is 1. The number of nitrogens with zero attached hydrogens (tertiary/aromatic N) is 3. The van der Waals surface area contributed by atoms with Crippen molar-refractivity contribution in [2.24, 2.45) is 0 Å². The summed E-state index contributed by atoms with van der Waals surface area (Å²) in [6.45, 7) is 7.09. The lowest BCUT2D eigenvalue weighted by molar-refractivity contribution is 0.716. The first-order chi connectivity index (χ1) is 7.85. The molecule has 1 aliphatic carbocycles. The van der Waals surface area contributed by atoms with Crippen molar-refractivity contribution in [1.82, 2.24) is 15.3 Å². The van der Waals surface area contributed by atoms with E-state index in [0.29, 0.717) is 6.04 Å². The summed E-state index contributed by atoms with van der Waals surface area (Å²) in [6.07, 6.45) is 6.43. The molecular formula is C12H20N4. The second-order valence-corrected chi connectivity index (χ2v) is 4.19. The number of nitrogens with one attached hydrogen (secondary N) is 1. The van der Waals surface area contributed by atoms with Crippen LogP contribution in [0.4, 0.5) is 5.95 Å². The molecule has 0 aliphatic heterocycles. The molecule has 0 atom stereocenters. The summed E-state index contributed by atoms with van der Waals surface area (Å²) in [4.78, 5) is 11.2. The lowest BCUT2D eigenvalue weighted by atomic mass is 10.3. The van der Waals surface area contributed by atoms with Gasteiger partial charge in [0.25, 0.3) is 0 Å². The lowest BCUT2D eigenvalue weighted by Crippen LogP contribution is -2.27. The van der Waals surface area contributed by atoms with Crippen LogP contribution in [-0.2, 0) is 6.54 Å². The van der Waals surface area contributed by atoms with Crippen LogP contribution in [0.2, 0.25) is 0 Å². The SMILES string of the molecule is CCNCc1cnc(N(CC)C2CC2)nc1. The van der Waals surface area contributed by atoms with Crippen LogP contribution in [0.15, 0.2) is 12.4 Å². The summed E-state index contributed by atoms with van der Waals surface area (Å²) < 4.78 is 0. The Morgan fingerprint density at radius 3 is 2.50 bits per heavy atom. The number of hydrogen-bond acceptors (Lipinski definition) is 4. The fourth-order valence-electron chi connectivity index (χ4n) is 1.81. The molecule has 0 amide bonds. The van der Waals surface area contributed by atoms with Gasteiger partial charge in [0, 0.05) is 37.1 Å². The quantitative estimate of drug-likeness (QED) is 0.790. The van der Waals surface area contributed by atoms with Crippen molar-refractivity contribution < 1.29 is 0 Å². The summed E-state index contributed by atoms with van der Waals surface area (Å²) in [5.74, 6) is 0.880. The monoisotopic (exact) mass is 220 g/mol. The minimum absolute atomic E-state index is 0.685. The van der Waals surface area contributed by atoms with Gasteiger partial charge in [-0.2, -0.15) is 0 Å². The van der Waals surface area contributed by atoms with Crippen LogP contribution in [0.5, 0.6) is 0 Å². The molecule has 1 N–H and O–H groups in total. The standard InChI is InChI=1S/C12H20N4/c1-3-13-7-10-8-14-12(15-9-10)16(4-2)11-5-6-11/h8-9,11,13H,3-7H2,1-2H3. The van der Waals surface area contributed by atoms with Crippen molar-refractivity contribution in [1.29, 1.82) is 0 Å². The van der Waals surface area contributed by atoms with E-state index < -0.39 is 0 Å². The molecule has 0 bridgehead atoms. The normalized spacial score (nSPS) is 15.1. The molecule has 0 unspecified atom stereocenters. The van der Waals surface area contributed by atoms with Gasteiger partial charge in [0.1, 0.15) is 0 Å². The first-order valence-corrected chi connectivity index (χ1v) is 6.13. The van der Waals surface area contributed by atoms with Crippen LogP contribution in [0, 0.1) is 0 Å². The Morgan fingerprint density at radius 1 is 1.31 bits per heavy atom. The third kappa shape index (κ3) is 2.70. The molecule has 0 radical (unpaired) electrons. The number of hydrogen-bond donors (Lipinski definition) is 1. The van der Waals surface area contributed by atoms with Crippen molar-refractivity contribution in [2.75, 3.05) is 18.0 Å². The summed E-state index contributed by atoms with van der Waals surface area (Å²) in [5, 5.41) is 3.27. The molecule has 1 saturated carbocycles. The minimum Gasteiger partial charge on any atom is -0.338 e. The van der Waals surface area contributed by atoms with Crippen molar-refractivity contribution in [2.45, 2.75) is 39.3 Å². The van der Waals surface area contributed by atoms with Gasteiger partial charge in [0.15, 0.2) is 0 Å². The highest BCUT2D eigenvalue weighted by molar-refractivity contribution is 5.33. The molecule has 88 valence electrons. The van der Waals surface area contributed by atoms with E-state index in [2.05, 4.69) is 34.0 Å². The molecule has 1 fully saturated rings. The Kier molecular flexibility index (Phi) is 3.72. The molecule has 16 heavy (non-hydrogen) atoms. The van der Waals surface area contributed by atoms with E-state index in [1.807, 2.05) is 12.4 Å². The van der Waals surface area contributed by atoms with E-state index in [1.54, 1.807) is 0 Å². The van der Waals surface area contributed by atoms with Crippen LogP contribution in [-0.4, -0.2) is 29.1 Å². The molecule has 0 spiro atoms. The Morgan fingerprint density at radius 2 is 2.00 bits per heavy atom. The van der Waals surface area contributed by atoms with Gasteiger partial charge in [-0.05, 0) is 26.3 Å². The molecule has 1 aliphatic rings. The van der Waals surface area contributed by atoms with Crippen molar-refractivity contribution in [3.63, 3.8) is 0 Å². The predicted molar refractivity (Wildman–Crippen MR) is 65.5 cm³/mol. The number of aromatic nitrogens is 2. The molecule has 2 rings (SSSR count). The Labute approximate surface area is 97.1 Å². The molecule has 4 heteroatoms. The molecular weight excluding hydrogens is 200 g/mol. The van der Waals surface area contributed by atoms with E-state index in [1.165, 1.54) is 12.8 Å². The Bertz CT molecular complexity index is 318. The van der Waals surface area contributed by atoms with Crippen LogP contribution in [0.3, 0.4) is 0 Å². The van der Waals surface area contributed by atoms with Gasteiger partial charge < -0.3 is 10.2 Å². The molecule has 4 nitrogen and oxygen atoms in total. The fraction of sp³-hybridized carbons (Fsp3) is 0.667. The largest absolute Gasteiger partial charge is 0.338 e. The third-order valence-electron chi connectivity index (χ3n) is 2.86. The van der Waals surface area contributed by atoms with E-state index in [9.17, 15) is 0 Å². The van der Waals surface area contributed by atoms with E-state index in [-0.39, 0.29) is 0 Å². The van der Waals surface area contributed by atoms with E-state index in [4.69, 9.17) is 0 Å². The summed E-state index contributed by atoms with van der Waals surface area (Å²) in [5.41, 5.74) is 1.15. The molecule has 0 aromatic carbocycles. The van der Waals surface area contributed by atoms with E-state index in [0.717, 1.165) is 31.1 Å². The van der Waals surface area contributed by atoms with Crippen LogP contribution >= 0.6 is 0 Å². The average molecular weight is 220 g/mol. The predicted octanol–water partition coefficient (Wildman–Crippen LogP) is 1.57. The highest BCUT2D eigenvalue weighted by atomic mass is 15.3. The minimum atomic E-state index is 0.685. The molecule has 1 heterocycles. The van der Waals surface area contributed by atoms with Gasteiger partial charge in [-0.25, -0.2) is 9.97 Å². The van der Waals surface area contributed by atoms with Gasteiger partial charge in [-0.1, -0.05) is 6.92 Å². The highest BCUT2D eigenvalue weighted by Gasteiger charge is 2.29. The average Bonchev–Trinajstić information content (AvgIpc) is 3.13. The zero-order valence-electron chi connectivity index (χ0n) is 10.1. The summed E-state index contributed by atoms with van der Waals surface area (Å²) >= 11 is 0. The summed E-state index contributed by atoms with van der Waals surface area (Å²) in [6, 6.07) is 0.685. The zero-order chi connectivity index (χ0) is 11.4. The van der Waals surface area contributed by atoms with Crippen molar-refractivity contribution in [3.8, 4) is 0 Å². The topological polar surface area (TPSA) is 41.1 Å². The third-order valence-corrected chi connectivity index (χ3v) is 2.86. The molecule has 0 saturated heterocycles. The van der Waals surface area contributed by atoms with Gasteiger partial charge in [-0.3, -0.25) is 0 Å². The second kappa shape index (κ2) is 5.25. The first kappa shape index (κ1) is 11.3. The molecule has 1 aromatic rings. The lowest BCUT2D eigenvalue weighted by Gasteiger charge is -2.19. The van der Waals surface area contributed by atoms with Crippen molar-refractivity contribution in [3.05, 3.63) is 18.0 Å². The second-order valence-electron chi connectivity index (χ2n) is 4.19. The van der Waals surface area contributed by atoms with Gasteiger partial charge >= 0.3 is 0 Å². The maximum Gasteiger partial charge on any atom is 0.225 e. The van der Waals surface area contributed by atoms with Gasteiger partial charge in [0.05, 0.1) is 0 Å². The maximum atomic E-state index is 4.44. The zero-order valence-corrected chi connectivity index (χ0v) is 10.1. The van der Waals surface area contributed by atoms with Crippen LogP contribution < -0.4 is 10.2 Å². The number of rotatable bonds is 6. The molecule has 1 aromatic heterocycles.